The molecule has 2 fully saturated rings. The quantitative estimate of drug-likeness (QED) is 0.00990. The normalized spacial score (nSPS) is 17.4. The summed E-state index contributed by atoms with van der Waals surface area (Å²) in [5.74, 6) is -4.56. The SMILES string of the molecule is C#CCCCON(C(=O)[C@@H](NC(=O)[C@H]1CCCCN1C)[C@@H](C)CC)[C@H](C[C@@H](OC(C)=O)c1nc(C(=O)N[C@@H](Cc2ccc(NC(=O)[C@H](CCCNC(N)=O)NC(=O)[C@@H](NC(=O)[C@H](CCC(=O)O)NC(=O)CCOCCOCCOCCOCCNC(=O)OC[C@@H]3[C@H](CCC=C)[C@@H]3CCCC)C(C)C)cc2)CC(C)(C)C(=O)O)cs1)C(C)C. The maximum absolute atomic E-state index is 15.0. The van der Waals surface area contributed by atoms with Crippen LogP contribution in [0.4, 0.5) is 15.3 Å². The third kappa shape index (κ3) is 37.8. The molecule has 0 bridgehead atoms. The van der Waals surface area contributed by atoms with E-state index in [2.05, 4.69) is 66.9 Å². The predicted molar refractivity (Wildman–Crippen MR) is 439 cm³/mol. The second-order valence-electron chi connectivity index (χ2n) is 31.3. The molecule has 4 rings (SSSR count). The predicted octanol–water partition coefficient (Wildman–Crippen LogP) is 7.76. The highest BCUT2D eigenvalue weighted by atomic mass is 32.1. The van der Waals surface area contributed by atoms with E-state index < -0.39 is 132 Å². The molecule has 2 heterocycles. The number of unbranched alkanes of at least 4 members (excludes halogenated alkanes) is 2. The average molecular weight is 1670 g/mol. The van der Waals surface area contributed by atoms with Gasteiger partial charge in [0.1, 0.15) is 34.9 Å². The maximum atomic E-state index is 15.0. The van der Waals surface area contributed by atoms with Crippen LogP contribution in [-0.4, -0.2) is 232 Å². The number of alkyl carbamates (subject to hydrolysis) is 1. The summed E-state index contributed by atoms with van der Waals surface area (Å²) in [4.78, 5) is 173. The highest BCUT2D eigenvalue weighted by Gasteiger charge is 2.49. The Morgan fingerprint density at radius 1 is 0.752 bits per heavy atom. The second kappa shape index (κ2) is 54.3. The molecule has 12 N–H and O–H groups in total. The number of urea groups is 1. The largest absolute Gasteiger partial charge is 0.481 e. The molecule has 1 aliphatic heterocycles. The number of allylic oxidation sites excluding steroid dienone is 1. The molecule has 117 heavy (non-hydrogen) atoms. The number of rotatable bonds is 60. The van der Waals surface area contributed by atoms with Crippen LogP contribution >= 0.6 is 11.3 Å². The van der Waals surface area contributed by atoms with Crippen LogP contribution in [-0.2, 0) is 82.8 Å². The molecule has 2 aliphatic rings. The fourth-order valence-corrected chi connectivity index (χ4v) is 14.5. The number of nitrogens with two attached hydrogens (primary N) is 1. The third-order valence-electron chi connectivity index (χ3n) is 20.8. The molecular formula is C83H132N12O21S. The van der Waals surface area contributed by atoms with E-state index in [4.69, 9.17) is 45.4 Å². The van der Waals surface area contributed by atoms with Gasteiger partial charge in [-0.2, -0.15) is 0 Å². The number of carbonyl (C=O) groups excluding carboxylic acids is 10. The molecule has 1 aliphatic carbocycles. The molecule has 656 valence electrons. The number of anilines is 1. The molecule has 1 aromatic carbocycles. The lowest BCUT2D eigenvalue weighted by atomic mass is 9.84. The van der Waals surface area contributed by atoms with Gasteiger partial charge in [0, 0.05) is 62.8 Å². The lowest BCUT2D eigenvalue weighted by molar-refractivity contribution is -0.213. The summed E-state index contributed by atoms with van der Waals surface area (Å²) >= 11 is 1.04. The van der Waals surface area contributed by atoms with Crippen LogP contribution in [0.5, 0.6) is 0 Å². The van der Waals surface area contributed by atoms with Crippen molar-refractivity contribution >= 4 is 88.4 Å². The number of nitrogens with zero attached hydrogens (tertiary/aromatic N) is 3. The minimum Gasteiger partial charge on any atom is -0.481 e. The van der Waals surface area contributed by atoms with Crippen LogP contribution < -0.4 is 48.3 Å². The number of esters is 1. The zero-order valence-corrected chi connectivity index (χ0v) is 71.3. The minimum atomic E-state index is -1.40. The van der Waals surface area contributed by atoms with Crippen LogP contribution in [0.25, 0.3) is 0 Å². The van der Waals surface area contributed by atoms with E-state index in [1.54, 1.807) is 38.1 Å². The highest BCUT2D eigenvalue weighted by molar-refractivity contribution is 7.09. The first-order chi connectivity index (χ1) is 55.7. The van der Waals surface area contributed by atoms with E-state index in [9.17, 15) is 67.7 Å². The highest BCUT2D eigenvalue weighted by Crippen LogP contribution is 2.52. The zero-order valence-electron chi connectivity index (χ0n) is 70.4. The topological polar surface area (TPSA) is 452 Å². The number of hydrogen-bond donors (Lipinski definition) is 11. The minimum absolute atomic E-state index is 0.0217. The van der Waals surface area contributed by atoms with E-state index >= 15 is 0 Å². The number of likely N-dealkylation sites (tertiary alicyclic amines) is 1. The van der Waals surface area contributed by atoms with Crippen LogP contribution in [0.15, 0.2) is 42.3 Å². The first-order valence-corrected chi connectivity index (χ1v) is 42.1. The number of carbonyl (C=O) groups is 12. The van der Waals surface area contributed by atoms with E-state index in [-0.39, 0.29) is 132 Å². The standard InChI is InChI=1S/C83H132N12O21S/c1-14-18-23-39-115-95(79(105)72(55(9)17-4)93-76(103)66-28-21-22-38-94(66)13)67(53(5)6)49-68(116-56(10)96)78-91-65(52-117-78)75(102)88-59(50-83(11,12)80(106)107)48-57-29-31-58(32-30-57)87-73(100)63(27-24-36-85-81(84)108)90-77(104)71(54(7)8)92-74(101)64(33-34-70(98)99)89-69(97)35-40-110-42-44-112-46-47-113-45-43-111-41-37-86-82(109)114-51-62-60(25-19-15-2)61(62)26-20-16-3/h1,15,29-32,52-55,59-64,66-68,71-72H,2,16-28,33-51H2,3-13H3,(H,86,109)(H,87,100)(H,88,102)(H,89,97)(H,90,104)(H,92,101)(H,93,103)(H,98,99)(H,106,107)(H3,84,85,108)/t55-,59-,60+,61-,62+,63-,64-,66+,67+,68+,71-,72-/m0/s1. The number of thiazole rings is 1. The Morgan fingerprint density at radius 2 is 1.41 bits per heavy atom. The van der Waals surface area contributed by atoms with Gasteiger partial charge >= 0.3 is 30.0 Å². The van der Waals surface area contributed by atoms with Gasteiger partial charge in [-0.25, -0.2) is 19.6 Å². The van der Waals surface area contributed by atoms with E-state index in [1.807, 2.05) is 45.7 Å². The molecule has 1 aromatic heterocycles. The fraction of sp³-hybridized carbons (Fsp3) is 0.699. The Morgan fingerprint density at radius 3 is 2.01 bits per heavy atom. The third-order valence-corrected chi connectivity index (χ3v) is 21.7. The first kappa shape index (κ1) is 101. The molecule has 10 amide bonds. The van der Waals surface area contributed by atoms with Crippen molar-refractivity contribution in [1.82, 2.24) is 52.2 Å². The number of nitrogens with one attached hydrogen (secondary N) is 8. The lowest BCUT2D eigenvalue weighted by Gasteiger charge is -2.39. The van der Waals surface area contributed by atoms with Gasteiger partial charge in [0.25, 0.3) is 11.8 Å². The Bertz CT molecular complexity index is 3500. The van der Waals surface area contributed by atoms with Crippen LogP contribution in [0, 0.1) is 53.3 Å². The van der Waals surface area contributed by atoms with Gasteiger partial charge in [-0.05, 0) is 151 Å². The molecule has 2 aromatic rings. The van der Waals surface area contributed by atoms with Crippen LogP contribution in [0.1, 0.15) is 212 Å². The van der Waals surface area contributed by atoms with Gasteiger partial charge in [-0.3, -0.25) is 57.7 Å². The first-order valence-electron chi connectivity index (χ1n) is 41.2. The van der Waals surface area contributed by atoms with Gasteiger partial charge in [-0.15, -0.1) is 30.3 Å². The zero-order chi connectivity index (χ0) is 86.6. The Kier molecular flexibility index (Phi) is 46.6. The van der Waals surface area contributed by atoms with Crippen molar-refractivity contribution in [1.29, 1.82) is 0 Å². The van der Waals surface area contributed by atoms with Crippen molar-refractivity contribution < 1.29 is 101 Å². The number of hydrogen-bond acceptors (Lipinski definition) is 22. The number of primary amides is 1. The number of aliphatic carboxylic acids is 2. The van der Waals surface area contributed by atoms with Crippen molar-refractivity contribution in [2.24, 2.45) is 46.7 Å². The van der Waals surface area contributed by atoms with Crippen molar-refractivity contribution in [2.45, 2.75) is 240 Å². The number of hydroxylamine groups is 2. The fourth-order valence-electron chi connectivity index (χ4n) is 13.7. The number of carboxylic acid groups (broad SMARTS) is 2. The number of piperidine rings is 1. The lowest BCUT2D eigenvalue weighted by Crippen LogP contribution is -2.58. The van der Waals surface area contributed by atoms with Crippen molar-refractivity contribution in [3.63, 3.8) is 0 Å². The molecule has 1 saturated heterocycles. The van der Waals surface area contributed by atoms with Gasteiger partial charge < -0.3 is 86.9 Å². The summed E-state index contributed by atoms with van der Waals surface area (Å²) in [7, 11) is 1.89. The summed E-state index contributed by atoms with van der Waals surface area (Å²) in [6.07, 6.45) is 14.3. The summed E-state index contributed by atoms with van der Waals surface area (Å²) in [5.41, 5.74) is 4.74. The number of likely N-dealkylation sites (N-methyl/N-ethyl adjacent to an activating group) is 1. The van der Waals surface area contributed by atoms with Crippen molar-refractivity contribution in [3.8, 4) is 12.3 Å². The number of carboxylic acids is 2. The molecular weight excluding hydrogens is 1530 g/mol. The number of benzene rings is 1. The van der Waals surface area contributed by atoms with Crippen molar-refractivity contribution in [2.75, 3.05) is 98.1 Å². The number of aromatic nitrogens is 1. The maximum Gasteiger partial charge on any atom is 0.407 e. The summed E-state index contributed by atoms with van der Waals surface area (Å²) < 4.78 is 33.6. The van der Waals surface area contributed by atoms with E-state index in [0.717, 1.165) is 56.4 Å². The van der Waals surface area contributed by atoms with Gasteiger partial charge in [0.2, 0.25) is 29.5 Å². The molecule has 33 nitrogen and oxygen atoms in total. The number of ether oxygens (including phenoxy) is 6. The summed E-state index contributed by atoms with van der Waals surface area (Å²) in [6, 6.07) is -1.40. The number of amides is 10. The molecule has 12 atom stereocenters. The van der Waals surface area contributed by atoms with Crippen molar-refractivity contribution in [3.05, 3.63) is 58.6 Å². The van der Waals surface area contributed by atoms with Gasteiger partial charge in [0.15, 0.2) is 6.10 Å². The van der Waals surface area contributed by atoms with Gasteiger partial charge in [0.05, 0.1) is 83.6 Å². The molecule has 1 saturated carbocycles. The van der Waals surface area contributed by atoms with Crippen LogP contribution in [0.3, 0.4) is 0 Å². The Hall–Kier alpha value is -8.85. The second-order valence-corrected chi connectivity index (χ2v) is 32.2. The average Bonchev–Trinajstić information content (AvgIpc) is 1.68. The van der Waals surface area contributed by atoms with E-state index in [0.29, 0.717) is 75.4 Å². The molecule has 0 unspecified atom stereocenters. The van der Waals surface area contributed by atoms with Gasteiger partial charge in [-0.1, -0.05) is 92.4 Å². The smallest absolute Gasteiger partial charge is 0.407 e. The summed E-state index contributed by atoms with van der Waals surface area (Å²) in [6.45, 7) is 24.3. The molecule has 34 heteroatoms. The molecule has 0 spiro atoms. The van der Waals surface area contributed by atoms with Crippen LogP contribution in [0.2, 0.25) is 0 Å². The summed E-state index contributed by atoms with van der Waals surface area (Å²) in [5, 5.41) is 44.7. The molecule has 0 radical (unpaired) electrons. The number of terminal acetylenes is 1. The Balaban J connectivity index is 1.36. The van der Waals surface area contributed by atoms with E-state index in [1.165, 1.54) is 37.6 Å². The Labute approximate surface area is 693 Å². The monoisotopic (exact) mass is 1660 g/mol.